The van der Waals surface area contributed by atoms with Gasteiger partial charge < -0.3 is 0 Å². The summed E-state index contributed by atoms with van der Waals surface area (Å²) in [6.07, 6.45) is 4.54. The predicted octanol–water partition coefficient (Wildman–Crippen LogP) is 2.73. The molecule has 2 unspecified atom stereocenters. The minimum Gasteiger partial charge on any atom is -0.198 e. The Kier molecular flexibility index (Phi) is 1.99. The molecular formula is C9H15N. The van der Waals surface area contributed by atoms with Crippen molar-refractivity contribution in [3.8, 4) is 6.07 Å². The van der Waals surface area contributed by atoms with Gasteiger partial charge in [0.25, 0.3) is 0 Å². The molecule has 1 fully saturated rings. The Balaban J connectivity index is 2.62. The van der Waals surface area contributed by atoms with Crippen LogP contribution >= 0.6 is 0 Å². The van der Waals surface area contributed by atoms with Gasteiger partial charge in [0.15, 0.2) is 0 Å². The van der Waals surface area contributed by atoms with Gasteiger partial charge in [-0.1, -0.05) is 13.8 Å². The van der Waals surface area contributed by atoms with Crippen molar-refractivity contribution in [3.63, 3.8) is 0 Å². The molecule has 0 aromatic rings. The highest BCUT2D eigenvalue weighted by Crippen LogP contribution is 2.43. The van der Waals surface area contributed by atoms with Crippen LogP contribution in [-0.4, -0.2) is 0 Å². The third-order valence-corrected chi connectivity index (χ3v) is 2.77. The molecule has 0 heterocycles. The molecule has 56 valence electrons. The summed E-state index contributed by atoms with van der Waals surface area (Å²) >= 11 is 0. The second kappa shape index (κ2) is 2.62. The topological polar surface area (TPSA) is 23.8 Å². The number of nitriles is 1. The van der Waals surface area contributed by atoms with Crippen LogP contribution in [0.2, 0.25) is 0 Å². The number of hydrogen-bond donors (Lipinski definition) is 0. The Labute approximate surface area is 63.0 Å². The molecule has 1 rings (SSSR count). The van der Waals surface area contributed by atoms with Crippen molar-refractivity contribution in [2.24, 2.45) is 11.3 Å². The van der Waals surface area contributed by atoms with Gasteiger partial charge in [0.05, 0.1) is 11.5 Å². The molecule has 0 saturated heterocycles. The maximum atomic E-state index is 8.88. The molecule has 0 spiro atoms. The monoisotopic (exact) mass is 137 g/mol. The van der Waals surface area contributed by atoms with E-state index in [4.69, 9.17) is 5.26 Å². The quantitative estimate of drug-likeness (QED) is 0.545. The highest BCUT2D eigenvalue weighted by atomic mass is 14.4. The van der Waals surface area contributed by atoms with E-state index in [0.717, 1.165) is 25.2 Å². The number of hydrogen-bond acceptors (Lipinski definition) is 1. The minimum atomic E-state index is 0.0550. The van der Waals surface area contributed by atoms with Gasteiger partial charge in [-0.05, 0) is 31.6 Å². The number of nitrogens with zero attached hydrogens (tertiary/aromatic N) is 1. The fourth-order valence-corrected chi connectivity index (χ4v) is 1.90. The van der Waals surface area contributed by atoms with Crippen molar-refractivity contribution in [1.82, 2.24) is 0 Å². The van der Waals surface area contributed by atoms with Crippen LogP contribution in [0.4, 0.5) is 0 Å². The van der Waals surface area contributed by atoms with Crippen molar-refractivity contribution in [1.29, 1.82) is 5.26 Å². The highest BCUT2D eigenvalue weighted by molar-refractivity contribution is 5.02. The maximum absolute atomic E-state index is 8.88. The van der Waals surface area contributed by atoms with E-state index in [1.807, 2.05) is 0 Å². The van der Waals surface area contributed by atoms with Crippen LogP contribution in [0.15, 0.2) is 0 Å². The van der Waals surface area contributed by atoms with Gasteiger partial charge in [-0.3, -0.25) is 0 Å². The maximum Gasteiger partial charge on any atom is 0.0689 e. The molecule has 1 heteroatoms. The number of rotatable bonds is 1. The molecule has 1 aliphatic rings. The van der Waals surface area contributed by atoms with E-state index in [9.17, 15) is 0 Å². The van der Waals surface area contributed by atoms with Crippen molar-refractivity contribution in [2.45, 2.75) is 39.5 Å². The first kappa shape index (κ1) is 7.60. The molecule has 0 bridgehead atoms. The summed E-state index contributed by atoms with van der Waals surface area (Å²) in [5, 5.41) is 8.88. The van der Waals surface area contributed by atoms with Gasteiger partial charge in [-0.25, -0.2) is 0 Å². The van der Waals surface area contributed by atoms with Gasteiger partial charge in [0.2, 0.25) is 0 Å². The van der Waals surface area contributed by atoms with Crippen LogP contribution in [0.3, 0.4) is 0 Å². The Morgan fingerprint density at radius 1 is 1.70 bits per heavy atom. The van der Waals surface area contributed by atoms with E-state index in [-0.39, 0.29) is 5.41 Å². The van der Waals surface area contributed by atoms with Crippen molar-refractivity contribution >= 4 is 0 Å². The van der Waals surface area contributed by atoms with Gasteiger partial charge in [0.1, 0.15) is 0 Å². The Morgan fingerprint density at radius 3 is 2.60 bits per heavy atom. The molecule has 1 aliphatic carbocycles. The van der Waals surface area contributed by atoms with E-state index < -0.39 is 0 Å². The van der Waals surface area contributed by atoms with Gasteiger partial charge in [-0.15, -0.1) is 0 Å². The largest absolute Gasteiger partial charge is 0.198 e. The second-order valence-electron chi connectivity index (χ2n) is 3.59. The Bertz CT molecular complexity index is 157. The van der Waals surface area contributed by atoms with Gasteiger partial charge in [0, 0.05) is 0 Å². The third-order valence-electron chi connectivity index (χ3n) is 2.77. The first-order valence-electron chi connectivity index (χ1n) is 4.14. The summed E-state index contributed by atoms with van der Waals surface area (Å²) < 4.78 is 0. The molecule has 0 radical (unpaired) electrons. The van der Waals surface area contributed by atoms with Gasteiger partial charge >= 0.3 is 0 Å². The van der Waals surface area contributed by atoms with Crippen LogP contribution in [0.5, 0.6) is 0 Å². The predicted molar refractivity (Wildman–Crippen MR) is 41.4 cm³/mol. The van der Waals surface area contributed by atoms with Crippen LogP contribution in [0.25, 0.3) is 0 Å². The third kappa shape index (κ3) is 1.16. The zero-order chi connectivity index (χ0) is 7.61. The van der Waals surface area contributed by atoms with E-state index in [1.165, 1.54) is 6.42 Å². The molecule has 0 aromatic carbocycles. The lowest BCUT2D eigenvalue weighted by Gasteiger charge is -2.16. The Hall–Kier alpha value is -0.510. The first-order chi connectivity index (χ1) is 4.72. The van der Waals surface area contributed by atoms with Crippen LogP contribution in [0.1, 0.15) is 39.5 Å². The molecular weight excluding hydrogens is 122 g/mol. The smallest absolute Gasteiger partial charge is 0.0689 e. The summed E-state index contributed by atoms with van der Waals surface area (Å²) in [7, 11) is 0. The molecule has 0 amide bonds. The van der Waals surface area contributed by atoms with E-state index in [0.29, 0.717) is 0 Å². The standard InChI is InChI=1S/C9H15N/c1-3-9(7-10)5-4-8(2)6-9/h8H,3-6H2,1-2H3. The minimum absolute atomic E-state index is 0.0550. The molecule has 1 nitrogen and oxygen atoms in total. The lowest BCUT2D eigenvalue weighted by atomic mass is 9.84. The molecule has 1 saturated carbocycles. The average Bonchev–Trinajstić information content (AvgIpc) is 2.33. The SMILES string of the molecule is CCC1(C#N)CCC(C)C1. The average molecular weight is 137 g/mol. The fraction of sp³-hybridized carbons (Fsp3) is 0.889. The molecule has 0 aliphatic heterocycles. The normalized spacial score (nSPS) is 39.5. The van der Waals surface area contributed by atoms with Crippen LogP contribution in [-0.2, 0) is 0 Å². The van der Waals surface area contributed by atoms with Crippen molar-refractivity contribution < 1.29 is 0 Å². The lowest BCUT2D eigenvalue weighted by molar-refractivity contribution is 0.380. The lowest BCUT2D eigenvalue weighted by Crippen LogP contribution is -2.11. The van der Waals surface area contributed by atoms with Crippen molar-refractivity contribution in [2.75, 3.05) is 0 Å². The summed E-state index contributed by atoms with van der Waals surface area (Å²) in [6, 6.07) is 2.46. The summed E-state index contributed by atoms with van der Waals surface area (Å²) in [5.74, 6) is 0.777. The van der Waals surface area contributed by atoms with Crippen molar-refractivity contribution in [3.05, 3.63) is 0 Å². The zero-order valence-corrected chi connectivity index (χ0v) is 6.85. The first-order valence-corrected chi connectivity index (χ1v) is 4.14. The second-order valence-corrected chi connectivity index (χ2v) is 3.59. The molecule has 0 aromatic heterocycles. The van der Waals surface area contributed by atoms with E-state index in [1.54, 1.807) is 0 Å². The summed E-state index contributed by atoms with van der Waals surface area (Å²) in [4.78, 5) is 0. The highest BCUT2D eigenvalue weighted by Gasteiger charge is 2.35. The van der Waals surface area contributed by atoms with Crippen LogP contribution < -0.4 is 0 Å². The summed E-state index contributed by atoms with van der Waals surface area (Å²) in [6.45, 7) is 4.37. The van der Waals surface area contributed by atoms with Gasteiger partial charge in [-0.2, -0.15) is 5.26 Å². The van der Waals surface area contributed by atoms with E-state index >= 15 is 0 Å². The summed E-state index contributed by atoms with van der Waals surface area (Å²) in [5.41, 5.74) is 0.0550. The fourth-order valence-electron chi connectivity index (χ4n) is 1.90. The van der Waals surface area contributed by atoms with E-state index in [2.05, 4.69) is 19.9 Å². The molecule has 10 heavy (non-hydrogen) atoms. The molecule has 2 atom stereocenters. The Morgan fingerprint density at radius 2 is 2.40 bits per heavy atom. The molecule has 0 N–H and O–H groups in total. The van der Waals surface area contributed by atoms with Crippen LogP contribution in [0, 0.1) is 22.7 Å². The zero-order valence-electron chi connectivity index (χ0n) is 6.85.